The maximum Gasteiger partial charge on any atom is 0.226 e. The third-order valence-electron chi connectivity index (χ3n) is 5.28. The molecule has 0 aliphatic carbocycles. The Morgan fingerprint density at radius 3 is 2.25 bits per heavy atom. The van der Waals surface area contributed by atoms with E-state index in [4.69, 9.17) is 0 Å². The van der Waals surface area contributed by atoms with Gasteiger partial charge in [-0.05, 0) is 61.4 Å². The van der Waals surface area contributed by atoms with Crippen LogP contribution in [-0.4, -0.2) is 37.9 Å². The topological polar surface area (TPSA) is 113 Å². The fraction of sp³-hybridized carbons (Fsp3) is 0.348. The van der Waals surface area contributed by atoms with E-state index in [1.807, 2.05) is 6.92 Å². The van der Waals surface area contributed by atoms with Crippen molar-refractivity contribution in [2.24, 2.45) is 0 Å². The summed E-state index contributed by atoms with van der Waals surface area (Å²) in [5.41, 5.74) is 2.68. The van der Waals surface area contributed by atoms with Gasteiger partial charge in [0.15, 0.2) is 9.84 Å². The second kappa shape index (κ2) is 9.52. The first-order valence-corrected chi connectivity index (χ1v) is 12.1. The molecule has 0 fully saturated rings. The van der Waals surface area contributed by atoms with E-state index in [-0.39, 0.29) is 34.9 Å². The molecule has 1 aliphatic heterocycles. The Labute approximate surface area is 187 Å². The summed E-state index contributed by atoms with van der Waals surface area (Å²) in [7, 11) is -3.66. The number of fused-ring (bicyclic) bond motifs is 1. The summed E-state index contributed by atoms with van der Waals surface area (Å²) in [5.74, 6) is -0.934. The van der Waals surface area contributed by atoms with Gasteiger partial charge in [-0.3, -0.25) is 14.4 Å². The number of hydrogen-bond acceptors (Lipinski definition) is 5. The lowest BCUT2D eigenvalue weighted by atomic mass is 10.1. The van der Waals surface area contributed by atoms with Crippen LogP contribution in [0, 0.1) is 0 Å². The van der Waals surface area contributed by atoms with Crippen molar-refractivity contribution in [2.75, 3.05) is 21.3 Å². The Balaban J connectivity index is 1.63. The van der Waals surface area contributed by atoms with E-state index >= 15 is 0 Å². The third kappa shape index (κ3) is 5.34. The van der Waals surface area contributed by atoms with Crippen molar-refractivity contribution in [3.05, 3.63) is 48.0 Å². The zero-order valence-corrected chi connectivity index (χ0v) is 19.2. The fourth-order valence-corrected chi connectivity index (χ4v) is 5.05. The zero-order chi connectivity index (χ0) is 23.5. The number of nitrogens with zero attached hydrogens (tertiary/aromatic N) is 1. The molecule has 3 rings (SSSR count). The zero-order valence-electron chi connectivity index (χ0n) is 18.3. The number of carbonyl (C=O) groups is 3. The maximum atomic E-state index is 12.8. The van der Waals surface area contributed by atoms with Crippen LogP contribution in [-0.2, 0) is 30.6 Å². The molecule has 32 heavy (non-hydrogen) atoms. The molecule has 8 nitrogen and oxygen atoms in total. The van der Waals surface area contributed by atoms with Crippen LogP contribution < -0.4 is 15.5 Å². The van der Waals surface area contributed by atoms with Gasteiger partial charge < -0.3 is 15.5 Å². The number of rotatable bonds is 7. The summed E-state index contributed by atoms with van der Waals surface area (Å²) < 4.78 is 25.6. The smallest absolute Gasteiger partial charge is 0.226 e. The van der Waals surface area contributed by atoms with Gasteiger partial charge in [0.25, 0.3) is 0 Å². The molecule has 1 atom stereocenters. The van der Waals surface area contributed by atoms with Crippen molar-refractivity contribution >= 4 is 44.6 Å². The monoisotopic (exact) mass is 457 g/mol. The highest BCUT2D eigenvalue weighted by atomic mass is 32.2. The molecule has 0 saturated heterocycles. The van der Waals surface area contributed by atoms with Crippen LogP contribution >= 0.6 is 0 Å². The molecule has 0 bridgehead atoms. The lowest BCUT2D eigenvalue weighted by Gasteiger charge is -2.22. The van der Waals surface area contributed by atoms with Gasteiger partial charge in [-0.15, -0.1) is 0 Å². The van der Waals surface area contributed by atoms with Crippen molar-refractivity contribution in [2.45, 2.75) is 51.0 Å². The van der Waals surface area contributed by atoms with Crippen molar-refractivity contribution in [3.8, 4) is 0 Å². The molecule has 1 aliphatic rings. The number of nitrogens with one attached hydrogen (secondary N) is 2. The van der Waals surface area contributed by atoms with Crippen LogP contribution in [0.2, 0.25) is 0 Å². The predicted molar refractivity (Wildman–Crippen MR) is 123 cm³/mol. The number of anilines is 3. The van der Waals surface area contributed by atoms with Crippen LogP contribution in [0.1, 0.15) is 39.2 Å². The van der Waals surface area contributed by atoms with Gasteiger partial charge in [0, 0.05) is 42.9 Å². The van der Waals surface area contributed by atoms with Gasteiger partial charge in [-0.25, -0.2) is 8.42 Å². The van der Waals surface area contributed by atoms with Crippen LogP contribution in [0.15, 0.2) is 47.4 Å². The van der Waals surface area contributed by atoms with Crippen molar-refractivity contribution in [1.82, 2.24) is 0 Å². The number of amides is 3. The van der Waals surface area contributed by atoms with Gasteiger partial charge in [-0.2, -0.15) is 0 Å². The minimum absolute atomic E-state index is 0.00800. The Kier molecular flexibility index (Phi) is 6.98. The minimum Gasteiger partial charge on any atom is -0.326 e. The molecule has 170 valence electrons. The molecule has 2 aromatic carbocycles. The number of carbonyl (C=O) groups excluding carboxylic acids is 3. The molecule has 2 N–H and O–H groups in total. The lowest BCUT2D eigenvalue weighted by Crippen LogP contribution is -2.35. The Hall–Kier alpha value is -3.20. The summed E-state index contributed by atoms with van der Waals surface area (Å²) in [4.78, 5) is 37.4. The van der Waals surface area contributed by atoms with Crippen molar-refractivity contribution in [1.29, 1.82) is 0 Å². The largest absolute Gasteiger partial charge is 0.326 e. The Morgan fingerprint density at radius 1 is 1.03 bits per heavy atom. The van der Waals surface area contributed by atoms with E-state index in [2.05, 4.69) is 10.6 Å². The highest BCUT2D eigenvalue weighted by Gasteiger charge is 2.31. The van der Waals surface area contributed by atoms with Gasteiger partial charge in [0.1, 0.15) is 0 Å². The average molecular weight is 458 g/mol. The molecular weight excluding hydrogens is 430 g/mol. The van der Waals surface area contributed by atoms with Crippen molar-refractivity contribution < 1.29 is 22.8 Å². The summed E-state index contributed by atoms with van der Waals surface area (Å²) in [5, 5.41) is 5.29. The molecule has 0 radical (unpaired) electrons. The van der Waals surface area contributed by atoms with E-state index in [0.717, 1.165) is 11.3 Å². The molecule has 1 heterocycles. The lowest BCUT2D eigenvalue weighted by molar-refractivity contribution is -0.118. The normalized spacial score (nSPS) is 15.2. The first-order valence-electron chi connectivity index (χ1n) is 10.5. The average Bonchev–Trinajstić information content (AvgIpc) is 3.07. The predicted octanol–water partition coefficient (Wildman–Crippen LogP) is 3.14. The second-order valence-electron chi connectivity index (χ2n) is 7.84. The maximum absolute atomic E-state index is 12.8. The molecule has 3 amide bonds. The molecular formula is C23H27N3O5S. The summed E-state index contributed by atoms with van der Waals surface area (Å²) in [6, 6.07) is 11.3. The molecule has 0 unspecified atom stereocenters. The molecule has 0 aromatic heterocycles. The first-order chi connectivity index (χ1) is 15.1. The van der Waals surface area contributed by atoms with Gasteiger partial charge in [0.05, 0.1) is 10.6 Å². The van der Waals surface area contributed by atoms with E-state index in [0.29, 0.717) is 24.2 Å². The fourth-order valence-electron chi connectivity index (χ4n) is 3.76. The van der Waals surface area contributed by atoms with Crippen LogP contribution in [0.3, 0.4) is 0 Å². The van der Waals surface area contributed by atoms with Gasteiger partial charge in [0.2, 0.25) is 17.7 Å². The van der Waals surface area contributed by atoms with E-state index in [1.165, 1.54) is 13.0 Å². The first kappa shape index (κ1) is 23.5. The Morgan fingerprint density at radius 2 is 1.66 bits per heavy atom. The highest BCUT2D eigenvalue weighted by molar-refractivity contribution is 7.91. The molecule has 9 heteroatoms. The molecule has 0 saturated carbocycles. The highest BCUT2D eigenvalue weighted by Crippen LogP contribution is 2.34. The third-order valence-corrected chi connectivity index (χ3v) is 7.00. The second-order valence-corrected chi connectivity index (χ2v) is 9.95. The van der Waals surface area contributed by atoms with Crippen LogP contribution in [0.4, 0.5) is 17.1 Å². The van der Waals surface area contributed by atoms with Gasteiger partial charge in [-0.1, -0.05) is 6.92 Å². The standard InChI is InChI=1S/C23H27N3O5S/c1-4-23(29)26-15(2)13-17-14-20(9-10-21(17)26)32(30,31)12-11-22(28)25-19-7-5-18(6-8-19)24-16(3)27/h5-10,14-15H,4,11-13H2,1-3H3,(H,24,27)(H,25,28)/t15-/m1/s1. The number of benzene rings is 2. The summed E-state index contributed by atoms with van der Waals surface area (Å²) in [6.07, 6.45) is 0.790. The minimum atomic E-state index is -3.66. The molecule has 2 aromatic rings. The molecule has 0 spiro atoms. The number of sulfone groups is 1. The van der Waals surface area contributed by atoms with E-state index in [1.54, 1.807) is 48.2 Å². The van der Waals surface area contributed by atoms with Crippen LogP contribution in [0.25, 0.3) is 0 Å². The summed E-state index contributed by atoms with van der Waals surface area (Å²) in [6.45, 7) is 5.14. The van der Waals surface area contributed by atoms with E-state index in [9.17, 15) is 22.8 Å². The van der Waals surface area contributed by atoms with Crippen LogP contribution in [0.5, 0.6) is 0 Å². The Bertz CT molecular complexity index is 1140. The quantitative estimate of drug-likeness (QED) is 0.663. The number of hydrogen-bond donors (Lipinski definition) is 2. The van der Waals surface area contributed by atoms with Crippen molar-refractivity contribution in [3.63, 3.8) is 0 Å². The van der Waals surface area contributed by atoms with E-state index < -0.39 is 15.7 Å². The summed E-state index contributed by atoms with van der Waals surface area (Å²) >= 11 is 0. The van der Waals surface area contributed by atoms with Gasteiger partial charge >= 0.3 is 0 Å². The SMILES string of the molecule is CCC(=O)N1c2ccc(S(=O)(=O)CCC(=O)Nc3ccc(NC(C)=O)cc3)cc2C[C@H]1C.